The van der Waals surface area contributed by atoms with Crippen LogP contribution in [0.4, 0.5) is 0 Å². The first-order chi connectivity index (χ1) is 10.4. The molecule has 0 aromatic rings. The Morgan fingerprint density at radius 3 is 0.913 bits per heavy atom. The molecule has 0 aliphatic heterocycles. The molecule has 0 saturated carbocycles. The second-order valence-electron chi connectivity index (χ2n) is 4.60. The molecule has 3 N–H and O–H groups in total. The third-order valence-electron chi connectivity index (χ3n) is 1.94. The number of Topliss-reactive ketones (excluding diaryl/α,β-unsaturated/α-hetero) is 2. The van der Waals surface area contributed by atoms with E-state index in [2.05, 4.69) is 20.8 Å². The number of carbonyl (C=O) groups is 2. The molecule has 0 heterocycles. The van der Waals surface area contributed by atoms with E-state index in [0.717, 1.165) is 44.9 Å². The predicted octanol–water partition coefficient (Wildman–Crippen LogP) is 2.70. The number of hydrogen-bond acceptors (Lipinski definition) is 5. The molecule has 0 aliphatic carbocycles. The maximum Gasteiger partial charge on any atom is 0.0430 e. The van der Waals surface area contributed by atoms with Crippen LogP contribution in [0.15, 0.2) is 0 Å². The van der Waals surface area contributed by atoms with Crippen LogP contribution < -0.4 is 0 Å². The maximum absolute atomic E-state index is 9.98. The molecule has 0 amide bonds. The number of ketones is 2. The van der Waals surface area contributed by atoms with Crippen molar-refractivity contribution in [2.24, 2.45) is 0 Å². The van der Waals surface area contributed by atoms with Gasteiger partial charge in [-0.3, -0.25) is 6.42 Å². The Kier molecular flexibility index (Phi) is 56.6. The molecule has 0 atom stereocenters. The van der Waals surface area contributed by atoms with Crippen molar-refractivity contribution in [1.29, 1.82) is 0 Å². The van der Waals surface area contributed by atoms with Crippen LogP contribution in [0.5, 0.6) is 0 Å². The van der Waals surface area contributed by atoms with E-state index >= 15 is 0 Å². The van der Waals surface area contributed by atoms with Crippen molar-refractivity contribution < 1.29 is 51.1 Å². The number of carbonyl (C=O) groups excluding carboxylic acids is 2. The molecule has 5 nitrogen and oxygen atoms in total. The fraction of sp³-hybridized carbons (Fsp3) is 0.824. The van der Waals surface area contributed by atoms with E-state index in [1.807, 2.05) is 0 Å². The minimum absolute atomic E-state index is 0. The van der Waals surface area contributed by atoms with E-state index < -0.39 is 0 Å². The summed E-state index contributed by atoms with van der Waals surface area (Å²) in [6, 6.07) is 0. The van der Waals surface area contributed by atoms with E-state index in [0.29, 0.717) is 19.8 Å². The zero-order valence-corrected chi connectivity index (χ0v) is 18.1. The topological polar surface area (TPSA) is 94.8 Å². The van der Waals surface area contributed by atoms with Crippen molar-refractivity contribution in [3.63, 3.8) is 0 Å². The van der Waals surface area contributed by atoms with E-state index in [1.54, 1.807) is 0 Å². The number of aliphatic hydroxyl groups excluding tert-OH is 3. The van der Waals surface area contributed by atoms with Gasteiger partial charge in [0.25, 0.3) is 0 Å². The van der Waals surface area contributed by atoms with Crippen molar-refractivity contribution in [2.45, 2.75) is 73.1 Å². The Hall–Kier alpha value is -0.0269. The van der Waals surface area contributed by atoms with Crippen LogP contribution in [0.1, 0.15) is 73.1 Å². The summed E-state index contributed by atoms with van der Waals surface area (Å²) in [4.78, 5) is 20.0. The normalized spacial score (nSPS) is 7.83. The van der Waals surface area contributed by atoms with Crippen LogP contribution in [-0.2, 0) is 35.8 Å². The molecule has 0 unspecified atom stereocenters. The summed E-state index contributed by atoms with van der Waals surface area (Å²) in [5.74, 6) is -0.375. The Morgan fingerprint density at radius 1 is 0.696 bits per heavy atom. The molecule has 0 aromatic carbocycles. The first kappa shape index (κ1) is 34.3. The predicted molar refractivity (Wildman–Crippen MR) is 91.6 cm³/mol. The van der Waals surface area contributed by atoms with Crippen molar-refractivity contribution in [2.75, 3.05) is 19.8 Å². The summed E-state index contributed by atoms with van der Waals surface area (Å²) in [6.07, 6.45) is 7.17. The van der Waals surface area contributed by atoms with Gasteiger partial charge in [0.2, 0.25) is 0 Å². The molecular formula is C17H37O5Zr-. The molecule has 0 aromatic heterocycles. The van der Waals surface area contributed by atoms with Gasteiger partial charge in [-0.1, -0.05) is 40.0 Å². The quantitative estimate of drug-likeness (QED) is 0.421. The van der Waals surface area contributed by atoms with Gasteiger partial charge < -0.3 is 24.9 Å². The van der Waals surface area contributed by atoms with Gasteiger partial charge in [-0.15, -0.1) is 0 Å². The summed E-state index contributed by atoms with van der Waals surface area (Å²) in [5.41, 5.74) is 0. The Bertz CT molecular complexity index is 179. The molecule has 0 fully saturated rings. The SMILES string of the molecule is CC(=O)[CH-]C(C)=O.CCCCO.CCCCO.CCCCO.[Zr]. The summed E-state index contributed by atoms with van der Waals surface area (Å²) in [6.45, 7) is 9.88. The largest absolute Gasteiger partial charge is 0.396 e. The van der Waals surface area contributed by atoms with Gasteiger partial charge in [0, 0.05) is 57.6 Å². The van der Waals surface area contributed by atoms with Crippen molar-refractivity contribution >= 4 is 11.6 Å². The number of unbranched alkanes of at least 4 members (excludes halogenated alkanes) is 3. The van der Waals surface area contributed by atoms with Crippen molar-refractivity contribution in [3.8, 4) is 0 Å². The van der Waals surface area contributed by atoms with Gasteiger partial charge in [0.1, 0.15) is 0 Å². The molecule has 0 bridgehead atoms. The summed E-state index contributed by atoms with van der Waals surface area (Å²) < 4.78 is 0. The number of hydrogen-bond donors (Lipinski definition) is 3. The number of aliphatic hydroxyl groups is 3. The van der Waals surface area contributed by atoms with Gasteiger partial charge in [0.15, 0.2) is 0 Å². The minimum Gasteiger partial charge on any atom is -0.396 e. The van der Waals surface area contributed by atoms with Crippen LogP contribution in [0.25, 0.3) is 0 Å². The Balaban J connectivity index is -0.0000000625. The standard InChI is InChI=1S/C5H7O2.3C4H10O.Zr/c1-4(6)3-5(2)7;3*1-2-3-4-5;/h3H,1-2H3;3*5H,2-4H2,1H3;/q-1;;;;. The summed E-state index contributed by atoms with van der Waals surface area (Å²) >= 11 is 0. The van der Waals surface area contributed by atoms with Crippen LogP contribution in [0.2, 0.25) is 0 Å². The second kappa shape index (κ2) is 37.9. The first-order valence-corrected chi connectivity index (χ1v) is 8.06. The molecule has 0 saturated heterocycles. The minimum atomic E-state index is -0.187. The van der Waals surface area contributed by atoms with Crippen molar-refractivity contribution in [3.05, 3.63) is 6.42 Å². The van der Waals surface area contributed by atoms with Crippen LogP contribution in [0, 0.1) is 6.42 Å². The zero-order chi connectivity index (χ0) is 18.2. The Morgan fingerprint density at radius 2 is 0.913 bits per heavy atom. The van der Waals surface area contributed by atoms with Gasteiger partial charge >= 0.3 is 0 Å². The van der Waals surface area contributed by atoms with Gasteiger partial charge in [-0.2, -0.15) is 0 Å². The van der Waals surface area contributed by atoms with Gasteiger partial charge in [-0.05, 0) is 33.1 Å². The average molecular weight is 413 g/mol. The molecule has 0 radical (unpaired) electrons. The fourth-order valence-corrected chi connectivity index (χ4v) is 0.761. The smallest absolute Gasteiger partial charge is 0.0430 e. The molecule has 0 aliphatic rings. The van der Waals surface area contributed by atoms with Gasteiger partial charge in [-0.25, -0.2) is 0 Å². The number of rotatable bonds is 8. The van der Waals surface area contributed by atoms with E-state index in [1.165, 1.54) is 13.8 Å². The maximum atomic E-state index is 9.98. The first-order valence-electron chi connectivity index (χ1n) is 8.06. The van der Waals surface area contributed by atoms with E-state index in [9.17, 15) is 9.59 Å². The van der Waals surface area contributed by atoms with Gasteiger partial charge in [0.05, 0.1) is 0 Å². The monoisotopic (exact) mass is 411 g/mol. The molecular weight excluding hydrogens is 375 g/mol. The van der Waals surface area contributed by atoms with Crippen molar-refractivity contribution in [1.82, 2.24) is 0 Å². The van der Waals surface area contributed by atoms with Crippen LogP contribution in [-0.4, -0.2) is 46.7 Å². The van der Waals surface area contributed by atoms with Crippen LogP contribution >= 0.6 is 0 Å². The molecule has 140 valence electrons. The zero-order valence-electron chi connectivity index (χ0n) is 15.6. The fourth-order valence-electron chi connectivity index (χ4n) is 0.761. The summed E-state index contributed by atoms with van der Waals surface area (Å²) in [5, 5.41) is 24.2. The molecule has 0 spiro atoms. The molecule has 0 rings (SSSR count). The average Bonchev–Trinajstić information content (AvgIpc) is 2.42. The van der Waals surface area contributed by atoms with E-state index in [4.69, 9.17) is 15.3 Å². The van der Waals surface area contributed by atoms with E-state index in [-0.39, 0.29) is 37.8 Å². The third-order valence-corrected chi connectivity index (χ3v) is 1.94. The summed E-state index contributed by atoms with van der Waals surface area (Å²) in [7, 11) is 0. The Labute approximate surface area is 162 Å². The molecule has 23 heavy (non-hydrogen) atoms. The third kappa shape index (κ3) is 88.1. The second-order valence-corrected chi connectivity index (χ2v) is 4.60. The molecule has 6 heteroatoms. The van der Waals surface area contributed by atoms with Crippen LogP contribution in [0.3, 0.4) is 0 Å².